The van der Waals surface area contributed by atoms with Crippen molar-refractivity contribution in [3.8, 4) is 17.0 Å². The van der Waals surface area contributed by atoms with Crippen molar-refractivity contribution in [2.24, 2.45) is 5.73 Å². The summed E-state index contributed by atoms with van der Waals surface area (Å²) in [5, 5.41) is 19.9. The van der Waals surface area contributed by atoms with E-state index in [1.807, 2.05) is 6.92 Å². The number of aromatic hydroxyl groups is 1. The molecule has 7 nitrogen and oxygen atoms in total. The van der Waals surface area contributed by atoms with Gasteiger partial charge in [-0.3, -0.25) is 9.89 Å². The summed E-state index contributed by atoms with van der Waals surface area (Å²) in [7, 11) is 0. The number of amides is 1. The normalized spacial score (nSPS) is 19.3. The Morgan fingerprint density at radius 2 is 2.15 bits per heavy atom. The maximum atomic E-state index is 13.7. The molecule has 0 bridgehead atoms. The highest BCUT2D eigenvalue weighted by Gasteiger charge is 2.28. The maximum Gasteiger partial charge on any atom is 0.252 e. The molecule has 1 aliphatic rings. The minimum absolute atomic E-state index is 0.0579. The van der Waals surface area contributed by atoms with Crippen LogP contribution in [0.4, 0.5) is 4.39 Å². The number of nitrogens with one attached hydrogen (secondary N) is 2. The first-order chi connectivity index (χ1) is 12.4. The lowest BCUT2D eigenvalue weighted by Gasteiger charge is -2.33. The zero-order valence-electron chi connectivity index (χ0n) is 14.1. The van der Waals surface area contributed by atoms with E-state index in [9.17, 15) is 14.3 Å². The first-order valence-electron chi connectivity index (χ1n) is 8.33. The van der Waals surface area contributed by atoms with E-state index < -0.39 is 11.6 Å². The predicted octanol–water partition coefficient (Wildman–Crippen LogP) is 2.00. The molecule has 8 heteroatoms. The summed E-state index contributed by atoms with van der Waals surface area (Å²) in [6, 6.07) is 5.77. The van der Waals surface area contributed by atoms with Crippen molar-refractivity contribution in [2.45, 2.75) is 31.8 Å². The van der Waals surface area contributed by atoms with Crippen molar-refractivity contribution < 1.29 is 14.3 Å². The van der Waals surface area contributed by atoms with Gasteiger partial charge in [0.05, 0.1) is 16.6 Å². The summed E-state index contributed by atoms with van der Waals surface area (Å²) in [5.74, 6) is -1.43. The van der Waals surface area contributed by atoms with Crippen LogP contribution in [0.3, 0.4) is 0 Å². The Hall–Kier alpha value is -3.00. The Bertz CT molecular complexity index is 1010. The number of rotatable bonds is 3. The largest absolute Gasteiger partial charge is 0.505 e. The Morgan fingerprint density at radius 3 is 2.85 bits per heavy atom. The average molecular weight is 355 g/mol. The topological polar surface area (TPSA) is 117 Å². The number of carbonyl (C=O) groups is 1. The van der Waals surface area contributed by atoms with Gasteiger partial charge in [-0.15, -0.1) is 0 Å². The van der Waals surface area contributed by atoms with Gasteiger partial charge in [-0.1, -0.05) is 0 Å². The van der Waals surface area contributed by atoms with Crippen LogP contribution in [0, 0.1) is 12.7 Å². The third kappa shape index (κ3) is 2.78. The number of H-pyrrole nitrogens is 1. The molecule has 3 aromatic rings. The lowest BCUT2D eigenvalue weighted by atomic mass is 9.87. The van der Waals surface area contributed by atoms with Gasteiger partial charge in [-0.05, 0) is 44.0 Å². The minimum Gasteiger partial charge on any atom is -0.505 e. The summed E-state index contributed by atoms with van der Waals surface area (Å²) in [4.78, 5) is 17.2. The van der Waals surface area contributed by atoms with E-state index in [1.54, 1.807) is 12.1 Å². The first kappa shape index (κ1) is 16.5. The van der Waals surface area contributed by atoms with Crippen LogP contribution in [0.1, 0.15) is 28.9 Å². The predicted molar refractivity (Wildman–Crippen MR) is 94.1 cm³/mol. The standard InChI is InChI=1S/C18H18FN5O2/c1-8-16-12(18(26)21-11-5-10(20)6-11)7-14(22-17(16)24-23-8)9-2-3-15(25)13(19)4-9/h2-4,7,10-11,25H,5-6,20H2,1H3,(H,21,26)(H,22,23,24). The highest BCUT2D eigenvalue weighted by atomic mass is 19.1. The highest BCUT2D eigenvalue weighted by molar-refractivity contribution is 6.07. The van der Waals surface area contributed by atoms with Gasteiger partial charge in [0.25, 0.3) is 5.91 Å². The lowest BCUT2D eigenvalue weighted by Crippen LogP contribution is -2.50. The molecule has 2 heterocycles. The molecule has 134 valence electrons. The van der Waals surface area contributed by atoms with Crippen LogP contribution < -0.4 is 11.1 Å². The quantitative estimate of drug-likeness (QED) is 0.573. The summed E-state index contributed by atoms with van der Waals surface area (Å²) in [6.45, 7) is 1.81. The number of aryl methyl sites for hydroxylation is 1. The number of nitrogens with two attached hydrogens (primary N) is 1. The first-order valence-corrected chi connectivity index (χ1v) is 8.33. The number of fused-ring (bicyclic) bond motifs is 1. The average Bonchev–Trinajstić information content (AvgIpc) is 2.96. The van der Waals surface area contributed by atoms with Crippen molar-refractivity contribution in [3.05, 3.63) is 41.3 Å². The van der Waals surface area contributed by atoms with E-state index in [0.29, 0.717) is 27.9 Å². The van der Waals surface area contributed by atoms with E-state index in [1.165, 1.54) is 12.1 Å². The number of hydrogen-bond acceptors (Lipinski definition) is 5. The SMILES string of the molecule is Cc1[nH]nc2nc(-c3ccc(O)c(F)c3)cc(C(=O)NC3CC(N)C3)c12. The molecule has 1 aliphatic carbocycles. The van der Waals surface area contributed by atoms with Crippen molar-refractivity contribution in [2.75, 3.05) is 0 Å². The number of phenols is 1. The Morgan fingerprint density at radius 1 is 1.38 bits per heavy atom. The maximum absolute atomic E-state index is 13.7. The van der Waals surface area contributed by atoms with Gasteiger partial charge < -0.3 is 16.2 Å². The number of aromatic nitrogens is 3. The number of hydrogen-bond donors (Lipinski definition) is 4. The lowest BCUT2D eigenvalue weighted by molar-refractivity contribution is 0.0912. The van der Waals surface area contributed by atoms with Crippen molar-refractivity contribution in [3.63, 3.8) is 0 Å². The van der Waals surface area contributed by atoms with Gasteiger partial charge in [0, 0.05) is 23.3 Å². The third-order valence-corrected chi connectivity index (χ3v) is 4.70. The van der Waals surface area contributed by atoms with Crippen LogP contribution in [-0.4, -0.2) is 38.3 Å². The number of carbonyl (C=O) groups excluding carboxylic acids is 1. The molecule has 0 unspecified atom stereocenters. The smallest absolute Gasteiger partial charge is 0.252 e. The fourth-order valence-electron chi connectivity index (χ4n) is 3.21. The van der Waals surface area contributed by atoms with E-state index in [-0.39, 0.29) is 18.0 Å². The van der Waals surface area contributed by atoms with Crippen LogP contribution in [-0.2, 0) is 0 Å². The van der Waals surface area contributed by atoms with E-state index in [2.05, 4.69) is 20.5 Å². The Kier molecular flexibility index (Phi) is 3.84. The Labute approximate surface area is 148 Å². The number of nitrogens with zero attached hydrogens (tertiary/aromatic N) is 2. The molecule has 1 saturated carbocycles. The van der Waals surface area contributed by atoms with Gasteiger partial charge in [-0.2, -0.15) is 5.10 Å². The van der Waals surface area contributed by atoms with Gasteiger partial charge in [0.1, 0.15) is 0 Å². The van der Waals surface area contributed by atoms with Crippen LogP contribution in [0.15, 0.2) is 24.3 Å². The van der Waals surface area contributed by atoms with Crippen molar-refractivity contribution in [1.82, 2.24) is 20.5 Å². The molecule has 2 aromatic heterocycles. The van der Waals surface area contributed by atoms with Gasteiger partial charge in [0.15, 0.2) is 17.2 Å². The molecule has 26 heavy (non-hydrogen) atoms. The minimum atomic E-state index is -0.753. The molecule has 0 radical (unpaired) electrons. The van der Waals surface area contributed by atoms with E-state index >= 15 is 0 Å². The zero-order chi connectivity index (χ0) is 18.4. The molecule has 4 rings (SSSR count). The number of halogens is 1. The van der Waals surface area contributed by atoms with Gasteiger partial charge >= 0.3 is 0 Å². The summed E-state index contributed by atoms with van der Waals surface area (Å²) >= 11 is 0. The number of benzene rings is 1. The summed E-state index contributed by atoms with van der Waals surface area (Å²) < 4.78 is 13.7. The van der Waals surface area contributed by atoms with Gasteiger partial charge in [-0.25, -0.2) is 9.37 Å². The second-order valence-corrected chi connectivity index (χ2v) is 6.67. The molecular formula is C18H18FN5O2. The van der Waals surface area contributed by atoms with Crippen LogP contribution in [0.2, 0.25) is 0 Å². The third-order valence-electron chi connectivity index (χ3n) is 4.70. The van der Waals surface area contributed by atoms with Crippen LogP contribution in [0.5, 0.6) is 5.75 Å². The number of pyridine rings is 1. The second-order valence-electron chi connectivity index (χ2n) is 6.67. The molecule has 0 atom stereocenters. The molecule has 0 aliphatic heterocycles. The fourth-order valence-corrected chi connectivity index (χ4v) is 3.21. The summed E-state index contributed by atoms with van der Waals surface area (Å²) in [5.41, 5.74) is 8.15. The molecule has 1 amide bonds. The number of phenolic OH excluding ortho intramolecular Hbond substituents is 1. The molecule has 0 spiro atoms. The monoisotopic (exact) mass is 355 g/mol. The van der Waals surface area contributed by atoms with E-state index in [0.717, 1.165) is 18.5 Å². The highest BCUT2D eigenvalue weighted by Crippen LogP contribution is 2.29. The molecule has 1 fully saturated rings. The molecule has 5 N–H and O–H groups in total. The van der Waals surface area contributed by atoms with Crippen molar-refractivity contribution in [1.29, 1.82) is 0 Å². The van der Waals surface area contributed by atoms with Crippen LogP contribution in [0.25, 0.3) is 22.3 Å². The number of aromatic amines is 1. The molecule has 0 saturated heterocycles. The van der Waals surface area contributed by atoms with E-state index in [4.69, 9.17) is 5.73 Å². The zero-order valence-corrected chi connectivity index (χ0v) is 14.1. The van der Waals surface area contributed by atoms with Crippen molar-refractivity contribution >= 4 is 16.9 Å². The summed E-state index contributed by atoms with van der Waals surface area (Å²) in [6.07, 6.45) is 1.50. The fraction of sp³-hybridized carbons (Fsp3) is 0.278. The van der Waals surface area contributed by atoms with Gasteiger partial charge in [0.2, 0.25) is 0 Å². The molecule has 1 aromatic carbocycles. The van der Waals surface area contributed by atoms with Crippen LogP contribution >= 0.6 is 0 Å². The second kappa shape index (κ2) is 6.06. The molecular weight excluding hydrogens is 337 g/mol. The Balaban J connectivity index is 1.78.